The number of anilines is 1. The van der Waals surface area contributed by atoms with Crippen molar-refractivity contribution < 1.29 is 13.9 Å². The van der Waals surface area contributed by atoms with Gasteiger partial charge in [0.05, 0.1) is 0 Å². The minimum absolute atomic E-state index is 0.00856. The Labute approximate surface area is 216 Å². The molecule has 3 aromatic rings. The normalized spacial score (nSPS) is 18.6. The first kappa shape index (κ1) is 24.0. The summed E-state index contributed by atoms with van der Waals surface area (Å²) < 4.78 is 20.8. The molecule has 1 saturated carbocycles. The summed E-state index contributed by atoms with van der Waals surface area (Å²) in [6.07, 6.45) is 4.04. The number of nitrogens with two attached hydrogens (primary N) is 1. The smallest absolute Gasteiger partial charge is 0.251 e. The summed E-state index contributed by atoms with van der Waals surface area (Å²) >= 11 is 0. The fourth-order valence-electron chi connectivity index (χ4n) is 5.83. The first-order valence-electron chi connectivity index (χ1n) is 13.0. The molecule has 1 saturated heterocycles. The molecule has 2 fully saturated rings. The molecule has 3 heterocycles. The number of hydrogen-bond donors (Lipinski definition) is 2. The molecular weight excluding hydrogens is 469 g/mol. The van der Waals surface area contributed by atoms with Gasteiger partial charge in [0.15, 0.2) is 5.82 Å². The van der Waals surface area contributed by atoms with E-state index >= 15 is 4.39 Å². The molecule has 0 unspecified atom stereocenters. The highest BCUT2D eigenvalue weighted by molar-refractivity contribution is 5.98. The highest BCUT2D eigenvalue weighted by atomic mass is 19.1. The van der Waals surface area contributed by atoms with E-state index in [-0.39, 0.29) is 22.8 Å². The van der Waals surface area contributed by atoms with Gasteiger partial charge in [-0.3, -0.25) is 4.79 Å². The average Bonchev–Trinajstić information content (AvgIpc) is 3.67. The van der Waals surface area contributed by atoms with Crippen LogP contribution in [-0.2, 0) is 16.7 Å². The van der Waals surface area contributed by atoms with E-state index in [2.05, 4.69) is 21.3 Å². The van der Waals surface area contributed by atoms with Crippen molar-refractivity contribution in [3.63, 3.8) is 0 Å². The van der Waals surface area contributed by atoms with E-state index in [4.69, 9.17) is 15.5 Å². The SMILES string of the molecule is CN(C)Cc1cc(-c2nc(-c3ccc4c(c3)C3(CC3)CNC4=O)c(N)nc2F)ccc1C1CCOCC1. The van der Waals surface area contributed by atoms with Crippen molar-refractivity contribution in [2.75, 3.05) is 39.6 Å². The van der Waals surface area contributed by atoms with Crippen molar-refractivity contribution in [1.82, 2.24) is 20.2 Å². The van der Waals surface area contributed by atoms with Crippen LogP contribution in [0.25, 0.3) is 22.5 Å². The number of aromatic nitrogens is 2. The first-order chi connectivity index (χ1) is 17.8. The zero-order valence-corrected chi connectivity index (χ0v) is 21.3. The van der Waals surface area contributed by atoms with Gasteiger partial charge >= 0.3 is 0 Å². The number of ether oxygens (including phenoxy) is 1. The molecule has 3 N–H and O–H groups in total. The summed E-state index contributed by atoms with van der Waals surface area (Å²) in [6.45, 7) is 2.91. The number of nitrogens with zero attached hydrogens (tertiary/aromatic N) is 3. The third kappa shape index (κ3) is 4.38. The molecule has 8 heteroatoms. The quantitative estimate of drug-likeness (QED) is 0.543. The number of carbonyl (C=O) groups is 1. The largest absolute Gasteiger partial charge is 0.382 e. The number of amides is 1. The van der Waals surface area contributed by atoms with Crippen LogP contribution in [0, 0.1) is 5.95 Å². The molecule has 0 bridgehead atoms. The van der Waals surface area contributed by atoms with E-state index in [1.807, 2.05) is 44.4 Å². The Balaban J connectivity index is 1.42. The summed E-state index contributed by atoms with van der Waals surface area (Å²) in [4.78, 5) is 23.3. The lowest BCUT2D eigenvalue weighted by Crippen LogP contribution is -2.39. The standard InChI is InChI=1S/C29H32FN5O2/c1-35(2)15-20-13-18(3-5-21(20)17-7-11-37-12-8-17)24-26(30)34-27(31)25(33-24)19-4-6-22-23(14-19)29(9-10-29)16-32-28(22)36/h3-6,13-14,17H,7-12,15-16H2,1-2H3,(H2,31,34)(H,32,36). The number of nitrogen functional groups attached to an aromatic ring is 1. The van der Waals surface area contributed by atoms with Crippen LogP contribution in [0.4, 0.5) is 10.2 Å². The topological polar surface area (TPSA) is 93.4 Å². The van der Waals surface area contributed by atoms with Crippen molar-refractivity contribution in [2.45, 2.75) is 43.6 Å². The number of benzene rings is 2. The molecule has 3 aliphatic rings. The lowest BCUT2D eigenvalue weighted by molar-refractivity contribution is 0.0850. The van der Waals surface area contributed by atoms with Crippen LogP contribution in [0.3, 0.4) is 0 Å². The zero-order valence-electron chi connectivity index (χ0n) is 21.3. The summed E-state index contributed by atoms with van der Waals surface area (Å²) in [5.41, 5.74) is 12.4. The molecule has 1 aliphatic carbocycles. The Morgan fingerprint density at radius 1 is 1.08 bits per heavy atom. The molecule has 1 spiro atoms. The van der Waals surface area contributed by atoms with Gasteiger partial charge in [0, 0.05) is 48.4 Å². The fraction of sp³-hybridized carbons (Fsp3) is 0.414. The molecule has 1 amide bonds. The number of hydrogen-bond acceptors (Lipinski definition) is 6. The monoisotopic (exact) mass is 501 g/mol. The first-order valence-corrected chi connectivity index (χ1v) is 13.0. The van der Waals surface area contributed by atoms with Crippen LogP contribution in [0.2, 0.25) is 0 Å². The Morgan fingerprint density at radius 2 is 1.81 bits per heavy atom. The Bertz CT molecular complexity index is 1380. The van der Waals surface area contributed by atoms with Crippen LogP contribution in [0.15, 0.2) is 36.4 Å². The van der Waals surface area contributed by atoms with Gasteiger partial charge in [0.25, 0.3) is 5.91 Å². The molecule has 1 aromatic heterocycles. The van der Waals surface area contributed by atoms with E-state index in [9.17, 15) is 4.79 Å². The molecule has 192 valence electrons. The van der Waals surface area contributed by atoms with E-state index in [0.29, 0.717) is 29.3 Å². The molecule has 6 rings (SSSR count). The maximum Gasteiger partial charge on any atom is 0.251 e. The Morgan fingerprint density at radius 3 is 2.54 bits per heavy atom. The highest BCUT2D eigenvalue weighted by Gasteiger charge is 2.49. The number of rotatable bonds is 5. The summed E-state index contributed by atoms with van der Waals surface area (Å²) in [5.74, 6) is -0.278. The van der Waals surface area contributed by atoms with Crippen LogP contribution < -0.4 is 11.1 Å². The van der Waals surface area contributed by atoms with Crippen LogP contribution in [-0.4, -0.2) is 54.6 Å². The van der Waals surface area contributed by atoms with E-state index in [0.717, 1.165) is 62.1 Å². The van der Waals surface area contributed by atoms with Gasteiger partial charge in [-0.25, -0.2) is 4.98 Å². The predicted octanol–water partition coefficient (Wildman–Crippen LogP) is 4.26. The highest BCUT2D eigenvalue weighted by Crippen LogP contribution is 2.51. The molecule has 0 radical (unpaired) electrons. The number of nitrogens with one attached hydrogen (secondary N) is 1. The lowest BCUT2D eigenvalue weighted by Gasteiger charge is -2.26. The summed E-state index contributed by atoms with van der Waals surface area (Å²) in [6, 6.07) is 11.7. The van der Waals surface area contributed by atoms with Gasteiger partial charge < -0.3 is 20.7 Å². The number of halogens is 1. The number of fused-ring (bicyclic) bond motifs is 2. The second kappa shape index (κ2) is 9.19. The molecular formula is C29H32FN5O2. The third-order valence-electron chi connectivity index (χ3n) is 7.99. The fourth-order valence-corrected chi connectivity index (χ4v) is 5.83. The second-order valence-corrected chi connectivity index (χ2v) is 10.9. The molecule has 2 aliphatic heterocycles. The minimum Gasteiger partial charge on any atom is -0.382 e. The maximum absolute atomic E-state index is 15.2. The Kier molecular flexibility index (Phi) is 5.96. The maximum atomic E-state index is 15.2. The van der Waals surface area contributed by atoms with Gasteiger partial charge in [-0.1, -0.05) is 18.2 Å². The van der Waals surface area contributed by atoms with Crippen LogP contribution in [0.5, 0.6) is 0 Å². The summed E-state index contributed by atoms with van der Waals surface area (Å²) in [7, 11) is 4.07. The molecule has 37 heavy (non-hydrogen) atoms. The third-order valence-corrected chi connectivity index (χ3v) is 7.99. The van der Waals surface area contributed by atoms with Gasteiger partial charge in [-0.05, 0) is 80.6 Å². The summed E-state index contributed by atoms with van der Waals surface area (Å²) in [5, 5.41) is 2.99. The Hall–Kier alpha value is -3.36. The van der Waals surface area contributed by atoms with Gasteiger partial charge in [0.1, 0.15) is 11.4 Å². The predicted molar refractivity (Wildman–Crippen MR) is 141 cm³/mol. The lowest BCUT2D eigenvalue weighted by atomic mass is 9.86. The zero-order chi connectivity index (χ0) is 25.7. The van der Waals surface area contributed by atoms with Crippen molar-refractivity contribution in [2.24, 2.45) is 0 Å². The van der Waals surface area contributed by atoms with Crippen molar-refractivity contribution in [1.29, 1.82) is 0 Å². The molecule has 7 nitrogen and oxygen atoms in total. The second-order valence-electron chi connectivity index (χ2n) is 10.9. The van der Waals surface area contributed by atoms with E-state index in [1.165, 1.54) is 5.56 Å². The van der Waals surface area contributed by atoms with Crippen molar-refractivity contribution in [3.05, 3.63) is 64.6 Å². The van der Waals surface area contributed by atoms with Crippen LogP contribution in [0.1, 0.15) is 58.6 Å². The number of carbonyl (C=O) groups excluding carboxylic acids is 1. The molecule has 0 atom stereocenters. The van der Waals surface area contributed by atoms with Gasteiger partial charge in [-0.2, -0.15) is 9.37 Å². The van der Waals surface area contributed by atoms with Crippen LogP contribution >= 0.6 is 0 Å². The van der Waals surface area contributed by atoms with E-state index in [1.54, 1.807) is 0 Å². The van der Waals surface area contributed by atoms with Gasteiger partial charge in [-0.15, -0.1) is 0 Å². The van der Waals surface area contributed by atoms with E-state index < -0.39 is 5.95 Å². The average molecular weight is 502 g/mol. The van der Waals surface area contributed by atoms with Crippen molar-refractivity contribution >= 4 is 11.7 Å². The minimum atomic E-state index is -0.688. The van der Waals surface area contributed by atoms with Gasteiger partial charge in [0.2, 0.25) is 5.95 Å². The molecule has 2 aromatic carbocycles. The van der Waals surface area contributed by atoms with Crippen molar-refractivity contribution in [3.8, 4) is 22.5 Å².